The Morgan fingerprint density at radius 2 is 2.23 bits per heavy atom. The number of nitrogens with two attached hydrogens (primary N) is 1. The Balaban J connectivity index is 2.00. The van der Waals surface area contributed by atoms with Crippen LogP contribution < -0.4 is 5.73 Å². The highest BCUT2D eigenvalue weighted by Crippen LogP contribution is 2.33. The first-order valence-corrected chi connectivity index (χ1v) is 5.13. The number of benzene rings is 1. The van der Waals surface area contributed by atoms with E-state index >= 15 is 0 Å². The average molecular weight is 196 g/mol. The molecule has 1 aromatic carbocycles. The van der Waals surface area contributed by atoms with Gasteiger partial charge >= 0.3 is 0 Å². The first-order chi connectivity index (χ1) is 6.25. The summed E-state index contributed by atoms with van der Waals surface area (Å²) in [6.07, 6.45) is 3.58. The molecule has 2 rings (SSSR count). The van der Waals surface area contributed by atoms with Crippen LogP contribution in [0.5, 0.6) is 0 Å². The fraction of sp³-hybridized carbons (Fsp3) is 0.455. The molecule has 2 heteroatoms. The van der Waals surface area contributed by atoms with Crippen LogP contribution in [0.1, 0.15) is 18.4 Å². The van der Waals surface area contributed by atoms with Gasteiger partial charge in [-0.2, -0.15) is 0 Å². The topological polar surface area (TPSA) is 26.0 Å². The zero-order chi connectivity index (χ0) is 9.26. The van der Waals surface area contributed by atoms with E-state index in [9.17, 15) is 0 Å². The molecule has 0 aliphatic heterocycles. The van der Waals surface area contributed by atoms with E-state index in [1.807, 2.05) is 18.2 Å². The van der Waals surface area contributed by atoms with Crippen LogP contribution in [-0.4, -0.2) is 6.04 Å². The van der Waals surface area contributed by atoms with Crippen molar-refractivity contribution in [2.45, 2.75) is 25.3 Å². The maximum atomic E-state index is 6.02. The summed E-state index contributed by atoms with van der Waals surface area (Å²) >= 11 is 5.88. The summed E-state index contributed by atoms with van der Waals surface area (Å²) in [7, 11) is 0. The van der Waals surface area contributed by atoms with Crippen LogP contribution in [0.2, 0.25) is 5.02 Å². The van der Waals surface area contributed by atoms with Crippen molar-refractivity contribution in [3.05, 3.63) is 34.9 Å². The van der Waals surface area contributed by atoms with Crippen LogP contribution in [0.15, 0.2) is 24.3 Å². The quantitative estimate of drug-likeness (QED) is 0.789. The first kappa shape index (κ1) is 9.04. The van der Waals surface area contributed by atoms with E-state index in [1.165, 1.54) is 18.4 Å². The zero-order valence-electron chi connectivity index (χ0n) is 7.54. The minimum Gasteiger partial charge on any atom is -0.327 e. The van der Waals surface area contributed by atoms with Gasteiger partial charge in [-0.05, 0) is 42.9 Å². The molecule has 1 unspecified atom stereocenters. The Labute approximate surface area is 83.9 Å². The predicted octanol–water partition coefficient (Wildman–Crippen LogP) is 2.62. The van der Waals surface area contributed by atoms with Crippen LogP contribution in [0.3, 0.4) is 0 Å². The Morgan fingerprint density at radius 3 is 2.85 bits per heavy atom. The summed E-state index contributed by atoms with van der Waals surface area (Å²) in [6.45, 7) is 0. The highest BCUT2D eigenvalue weighted by molar-refractivity contribution is 6.30. The predicted molar refractivity (Wildman–Crippen MR) is 55.9 cm³/mol. The molecule has 70 valence electrons. The van der Waals surface area contributed by atoms with Gasteiger partial charge in [0, 0.05) is 11.1 Å². The third-order valence-electron chi connectivity index (χ3n) is 2.59. The molecule has 0 bridgehead atoms. The van der Waals surface area contributed by atoms with Crippen LogP contribution in [0.25, 0.3) is 0 Å². The van der Waals surface area contributed by atoms with Crippen LogP contribution >= 0.6 is 11.6 Å². The van der Waals surface area contributed by atoms with E-state index in [4.69, 9.17) is 17.3 Å². The Bertz CT molecular complexity index is 294. The van der Waals surface area contributed by atoms with Crippen molar-refractivity contribution in [1.82, 2.24) is 0 Å². The number of halogens is 1. The highest BCUT2D eigenvalue weighted by atomic mass is 35.5. The third-order valence-corrected chi connectivity index (χ3v) is 2.82. The lowest BCUT2D eigenvalue weighted by Gasteiger charge is -2.09. The van der Waals surface area contributed by atoms with Gasteiger partial charge in [0.05, 0.1) is 0 Å². The van der Waals surface area contributed by atoms with Crippen molar-refractivity contribution in [1.29, 1.82) is 0 Å². The van der Waals surface area contributed by atoms with Gasteiger partial charge in [0.1, 0.15) is 0 Å². The minimum absolute atomic E-state index is 0.332. The molecule has 1 aliphatic carbocycles. The molecule has 1 saturated carbocycles. The molecule has 0 heterocycles. The van der Waals surface area contributed by atoms with Gasteiger partial charge in [0.2, 0.25) is 0 Å². The van der Waals surface area contributed by atoms with Gasteiger partial charge < -0.3 is 5.73 Å². The molecule has 0 aromatic heterocycles. The molecule has 13 heavy (non-hydrogen) atoms. The molecule has 1 fully saturated rings. The Kier molecular flexibility index (Phi) is 2.56. The summed E-state index contributed by atoms with van der Waals surface area (Å²) in [5.41, 5.74) is 7.27. The molecule has 0 amide bonds. The van der Waals surface area contributed by atoms with Crippen molar-refractivity contribution < 1.29 is 0 Å². The van der Waals surface area contributed by atoms with E-state index in [0.717, 1.165) is 17.4 Å². The van der Waals surface area contributed by atoms with E-state index < -0.39 is 0 Å². The van der Waals surface area contributed by atoms with Crippen molar-refractivity contribution in [2.24, 2.45) is 11.7 Å². The first-order valence-electron chi connectivity index (χ1n) is 4.76. The second kappa shape index (κ2) is 3.69. The van der Waals surface area contributed by atoms with Gasteiger partial charge in [-0.25, -0.2) is 0 Å². The van der Waals surface area contributed by atoms with Crippen molar-refractivity contribution in [3.63, 3.8) is 0 Å². The van der Waals surface area contributed by atoms with Gasteiger partial charge in [0.25, 0.3) is 0 Å². The fourth-order valence-electron chi connectivity index (χ4n) is 1.63. The second-order valence-corrected chi connectivity index (χ2v) is 4.27. The molecule has 1 aliphatic rings. The van der Waals surface area contributed by atoms with Gasteiger partial charge in [-0.15, -0.1) is 0 Å². The number of hydrogen-bond donors (Lipinski definition) is 1. The van der Waals surface area contributed by atoms with Gasteiger partial charge in [-0.1, -0.05) is 23.7 Å². The SMILES string of the molecule is NC(Cc1cccc(Cl)c1)C1CC1. The Morgan fingerprint density at radius 1 is 1.46 bits per heavy atom. The third kappa shape index (κ3) is 2.45. The second-order valence-electron chi connectivity index (χ2n) is 3.84. The van der Waals surface area contributed by atoms with Gasteiger partial charge in [-0.3, -0.25) is 0 Å². The lowest BCUT2D eigenvalue weighted by atomic mass is 10.0. The van der Waals surface area contributed by atoms with Crippen molar-refractivity contribution in [2.75, 3.05) is 0 Å². The molecule has 1 nitrogen and oxygen atoms in total. The zero-order valence-corrected chi connectivity index (χ0v) is 8.30. The average Bonchev–Trinajstić information content (AvgIpc) is 2.85. The number of hydrogen-bond acceptors (Lipinski definition) is 1. The number of rotatable bonds is 3. The minimum atomic E-state index is 0.332. The molecule has 0 saturated heterocycles. The molecule has 1 atom stereocenters. The highest BCUT2D eigenvalue weighted by Gasteiger charge is 2.28. The van der Waals surface area contributed by atoms with Crippen LogP contribution in [0.4, 0.5) is 0 Å². The summed E-state index contributed by atoms with van der Waals surface area (Å²) in [4.78, 5) is 0. The summed E-state index contributed by atoms with van der Waals surface area (Å²) < 4.78 is 0. The van der Waals surface area contributed by atoms with Gasteiger partial charge in [0.15, 0.2) is 0 Å². The largest absolute Gasteiger partial charge is 0.327 e. The summed E-state index contributed by atoms with van der Waals surface area (Å²) in [5, 5.41) is 0.806. The van der Waals surface area contributed by atoms with E-state index in [2.05, 4.69) is 6.07 Å². The summed E-state index contributed by atoms with van der Waals surface area (Å²) in [5.74, 6) is 0.763. The lowest BCUT2D eigenvalue weighted by molar-refractivity contribution is 0.592. The van der Waals surface area contributed by atoms with Crippen LogP contribution in [0, 0.1) is 5.92 Å². The maximum Gasteiger partial charge on any atom is 0.0408 e. The van der Waals surface area contributed by atoms with Crippen LogP contribution in [-0.2, 0) is 6.42 Å². The van der Waals surface area contributed by atoms with Crippen molar-refractivity contribution >= 4 is 11.6 Å². The normalized spacial score (nSPS) is 18.6. The smallest absolute Gasteiger partial charge is 0.0408 e. The maximum absolute atomic E-state index is 6.02. The molecule has 1 aromatic rings. The summed E-state index contributed by atoms with van der Waals surface area (Å²) in [6, 6.07) is 8.31. The van der Waals surface area contributed by atoms with Crippen molar-refractivity contribution in [3.8, 4) is 0 Å². The Hall–Kier alpha value is -0.530. The van der Waals surface area contributed by atoms with E-state index in [0.29, 0.717) is 6.04 Å². The molecule has 0 radical (unpaired) electrons. The standard InChI is InChI=1S/C11H14ClN/c12-10-3-1-2-8(6-10)7-11(13)9-4-5-9/h1-3,6,9,11H,4-5,7,13H2. The fourth-order valence-corrected chi connectivity index (χ4v) is 1.84. The van der Waals surface area contributed by atoms with E-state index in [1.54, 1.807) is 0 Å². The monoisotopic (exact) mass is 195 g/mol. The molecule has 0 spiro atoms. The molecular formula is C11H14ClN. The lowest BCUT2D eigenvalue weighted by Crippen LogP contribution is -2.24. The molecular weight excluding hydrogens is 182 g/mol. The van der Waals surface area contributed by atoms with E-state index in [-0.39, 0.29) is 0 Å². The molecule has 2 N–H and O–H groups in total.